The van der Waals surface area contributed by atoms with Crippen LogP contribution in [0.15, 0.2) is 5.16 Å². The van der Waals surface area contributed by atoms with Gasteiger partial charge in [0.15, 0.2) is 0 Å². The van der Waals surface area contributed by atoms with Gasteiger partial charge in [-0.05, 0) is 24.7 Å². The molecule has 0 heterocycles. The molecule has 0 atom stereocenters. The summed E-state index contributed by atoms with van der Waals surface area (Å²) in [5.74, 6) is 0.737. The SMILES string of the molecule is CC(=O)ON=C(CC(C)C)CC(C)C. The highest BCUT2D eigenvalue weighted by molar-refractivity contribution is 5.85. The van der Waals surface area contributed by atoms with Crippen molar-refractivity contribution < 1.29 is 9.63 Å². The molecule has 0 spiro atoms. The Morgan fingerprint density at radius 2 is 1.57 bits per heavy atom. The molecule has 0 unspecified atom stereocenters. The zero-order valence-corrected chi connectivity index (χ0v) is 9.83. The highest BCUT2D eigenvalue weighted by atomic mass is 16.7. The standard InChI is InChI=1S/C11H21NO2/c1-8(2)6-11(7-9(3)4)12-14-10(5)13/h8-9H,6-7H2,1-5H3. The zero-order chi connectivity index (χ0) is 11.1. The van der Waals surface area contributed by atoms with Crippen molar-refractivity contribution in [2.24, 2.45) is 17.0 Å². The molecule has 0 aromatic rings. The smallest absolute Gasteiger partial charge is 0.319 e. The first-order valence-corrected chi connectivity index (χ1v) is 5.15. The Morgan fingerprint density at radius 3 is 1.86 bits per heavy atom. The summed E-state index contributed by atoms with van der Waals surface area (Å²) in [5, 5.41) is 3.87. The van der Waals surface area contributed by atoms with Gasteiger partial charge in [-0.3, -0.25) is 0 Å². The van der Waals surface area contributed by atoms with E-state index in [-0.39, 0.29) is 5.97 Å². The van der Waals surface area contributed by atoms with E-state index in [9.17, 15) is 4.79 Å². The van der Waals surface area contributed by atoms with Gasteiger partial charge in [0.05, 0.1) is 5.71 Å². The molecule has 82 valence electrons. The zero-order valence-electron chi connectivity index (χ0n) is 9.83. The molecular formula is C11H21NO2. The van der Waals surface area contributed by atoms with Crippen LogP contribution < -0.4 is 0 Å². The largest absolute Gasteiger partial charge is 0.331 e. The molecule has 3 heteroatoms. The van der Waals surface area contributed by atoms with Gasteiger partial charge in [-0.1, -0.05) is 32.9 Å². The third-order valence-corrected chi connectivity index (χ3v) is 1.59. The van der Waals surface area contributed by atoms with Crippen molar-refractivity contribution in [1.82, 2.24) is 0 Å². The van der Waals surface area contributed by atoms with Crippen molar-refractivity contribution in [2.75, 3.05) is 0 Å². The Balaban J connectivity index is 4.22. The number of oxime groups is 1. The quantitative estimate of drug-likeness (QED) is 0.388. The van der Waals surface area contributed by atoms with E-state index < -0.39 is 0 Å². The van der Waals surface area contributed by atoms with Crippen molar-refractivity contribution in [3.8, 4) is 0 Å². The summed E-state index contributed by atoms with van der Waals surface area (Å²) in [6.07, 6.45) is 1.79. The van der Waals surface area contributed by atoms with Gasteiger partial charge >= 0.3 is 5.97 Å². The highest BCUT2D eigenvalue weighted by Crippen LogP contribution is 2.10. The molecule has 0 aromatic heterocycles. The van der Waals surface area contributed by atoms with E-state index in [2.05, 4.69) is 37.7 Å². The normalized spacial score (nSPS) is 10.5. The first-order valence-electron chi connectivity index (χ1n) is 5.15. The average molecular weight is 199 g/mol. The summed E-state index contributed by atoms with van der Waals surface area (Å²) >= 11 is 0. The molecule has 0 rings (SSSR count). The Morgan fingerprint density at radius 1 is 1.14 bits per heavy atom. The van der Waals surface area contributed by atoms with Crippen molar-refractivity contribution in [2.45, 2.75) is 47.5 Å². The molecule has 0 saturated carbocycles. The van der Waals surface area contributed by atoms with Gasteiger partial charge in [0.2, 0.25) is 0 Å². The Kier molecular flexibility index (Phi) is 6.17. The number of hydrogen-bond acceptors (Lipinski definition) is 3. The Bertz CT molecular complexity index is 195. The number of carbonyl (C=O) groups is 1. The van der Waals surface area contributed by atoms with E-state index in [1.165, 1.54) is 6.92 Å². The van der Waals surface area contributed by atoms with Crippen LogP contribution in [0.5, 0.6) is 0 Å². The van der Waals surface area contributed by atoms with Crippen LogP contribution in [0.4, 0.5) is 0 Å². The third-order valence-electron chi connectivity index (χ3n) is 1.59. The molecule has 0 saturated heterocycles. The maximum absolute atomic E-state index is 10.6. The van der Waals surface area contributed by atoms with Crippen molar-refractivity contribution in [3.05, 3.63) is 0 Å². The minimum absolute atomic E-state index is 0.352. The summed E-state index contributed by atoms with van der Waals surface area (Å²) < 4.78 is 0. The predicted molar refractivity (Wildman–Crippen MR) is 58.1 cm³/mol. The van der Waals surface area contributed by atoms with E-state index in [0.717, 1.165) is 18.6 Å². The fourth-order valence-electron chi connectivity index (χ4n) is 1.23. The summed E-state index contributed by atoms with van der Waals surface area (Å²) in [6.45, 7) is 9.88. The van der Waals surface area contributed by atoms with E-state index in [4.69, 9.17) is 0 Å². The van der Waals surface area contributed by atoms with Gasteiger partial charge in [-0.2, -0.15) is 0 Å². The molecule has 0 aliphatic rings. The van der Waals surface area contributed by atoms with Crippen molar-refractivity contribution in [1.29, 1.82) is 0 Å². The second kappa shape index (κ2) is 6.57. The highest BCUT2D eigenvalue weighted by Gasteiger charge is 2.07. The second-order valence-corrected chi connectivity index (χ2v) is 4.44. The van der Waals surface area contributed by atoms with E-state index in [1.54, 1.807) is 0 Å². The molecule has 0 amide bonds. The monoisotopic (exact) mass is 199 g/mol. The summed E-state index contributed by atoms with van der Waals surface area (Å²) in [6, 6.07) is 0. The Hall–Kier alpha value is -0.860. The number of hydrogen-bond donors (Lipinski definition) is 0. The molecular weight excluding hydrogens is 178 g/mol. The van der Waals surface area contributed by atoms with Crippen LogP contribution in [-0.2, 0) is 9.63 Å². The fourth-order valence-corrected chi connectivity index (χ4v) is 1.23. The summed E-state index contributed by atoms with van der Waals surface area (Å²) in [4.78, 5) is 15.2. The van der Waals surface area contributed by atoms with Crippen LogP contribution >= 0.6 is 0 Å². The van der Waals surface area contributed by atoms with Gasteiger partial charge < -0.3 is 4.84 Å². The van der Waals surface area contributed by atoms with E-state index >= 15 is 0 Å². The maximum atomic E-state index is 10.6. The summed E-state index contributed by atoms with van der Waals surface area (Å²) in [7, 11) is 0. The lowest BCUT2D eigenvalue weighted by Crippen LogP contribution is -2.08. The third kappa shape index (κ3) is 7.77. The molecule has 0 radical (unpaired) electrons. The Labute approximate surface area is 86.5 Å². The van der Waals surface area contributed by atoms with Crippen LogP contribution in [-0.4, -0.2) is 11.7 Å². The van der Waals surface area contributed by atoms with Gasteiger partial charge in [0, 0.05) is 6.92 Å². The van der Waals surface area contributed by atoms with E-state index in [1.807, 2.05) is 0 Å². The lowest BCUT2D eigenvalue weighted by atomic mass is 9.99. The van der Waals surface area contributed by atoms with Crippen LogP contribution in [0.3, 0.4) is 0 Å². The number of nitrogens with zero attached hydrogens (tertiary/aromatic N) is 1. The predicted octanol–water partition coefficient (Wildman–Crippen LogP) is 3.00. The fraction of sp³-hybridized carbons (Fsp3) is 0.818. The first-order chi connectivity index (χ1) is 6.41. The molecule has 0 aromatic carbocycles. The summed E-state index contributed by atoms with van der Waals surface area (Å²) in [5.41, 5.74) is 0.977. The van der Waals surface area contributed by atoms with Crippen LogP contribution in [0.2, 0.25) is 0 Å². The molecule has 0 aliphatic carbocycles. The molecule has 0 bridgehead atoms. The van der Waals surface area contributed by atoms with Crippen molar-refractivity contribution in [3.63, 3.8) is 0 Å². The molecule has 0 fully saturated rings. The number of rotatable bonds is 5. The first kappa shape index (κ1) is 13.1. The lowest BCUT2D eigenvalue weighted by molar-refractivity contribution is -0.141. The topological polar surface area (TPSA) is 38.7 Å². The van der Waals surface area contributed by atoms with Crippen molar-refractivity contribution >= 4 is 11.7 Å². The second-order valence-electron chi connectivity index (χ2n) is 4.44. The molecule has 0 N–H and O–H groups in total. The maximum Gasteiger partial charge on any atom is 0.331 e. The van der Waals surface area contributed by atoms with Crippen LogP contribution in [0.25, 0.3) is 0 Å². The van der Waals surface area contributed by atoms with Gasteiger partial charge in [-0.15, -0.1) is 0 Å². The number of carbonyl (C=O) groups excluding carboxylic acids is 1. The molecule has 3 nitrogen and oxygen atoms in total. The van der Waals surface area contributed by atoms with Gasteiger partial charge in [0.25, 0.3) is 0 Å². The molecule has 0 aliphatic heterocycles. The lowest BCUT2D eigenvalue weighted by Gasteiger charge is -2.10. The van der Waals surface area contributed by atoms with Crippen LogP contribution in [0, 0.1) is 11.8 Å². The van der Waals surface area contributed by atoms with Gasteiger partial charge in [0.1, 0.15) is 0 Å². The van der Waals surface area contributed by atoms with Gasteiger partial charge in [-0.25, -0.2) is 4.79 Å². The van der Waals surface area contributed by atoms with Crippen LogP contribution in [0.1, 0.15) is 47.5 Å². The van der Waals surface area contributed by atoms with E-state index in [0.29, 0.717) is 11.8 Å². The molecule has 14 heavy (non-hydrogen) atoms. The minimum Gasteiger partial charge on any atom is -0.319 e. The average Bonchev–Trinajstić information content (AvgIpc) is 1.97. The minimum atomic E-state index is -0.352.